The van der Waals surface area contributed by atoms with E-state index >= 15 is 0 Å². The molecule has 0 bridgehead atoms. The lowest BCUT2D eigenvalue weighted by Crippen LogP contribution is -2.71. The summed E-state index contributed by atoms with van der Waals surface area (Å²) in [5.74, 6) is 0.751. The second-order valence-corrected chi connectivity index (χ2v) is 6.57. The number of piperidine rings is 1. The van der Waals surface area contributed by atoms with Crippen molar-refractivity contribution in [3.05, 3.63) is 0 Å². The van der Waals surface area contributed by atoms with Crippen molar-refractivity contribution >= 4 is 0 Å². The number of hydrazine groups is 1. The molecule has 3 nitrogen and oxygen atoms in total. The summed E-state index contributed by atoms with van der Waals surface area (Å²) in [4.78, 5) is 0. The summed E-state index contributed by atoms with van der Waals surface area (Å²) in [5.41, 5.74) is 4.11. The maximum Gasteiger partial charge on any atom is 0.0685 e. The minimum atomic E-state index is 0.308. The molecule has 0 aromatic heterocycles. The Morgan fingerprint density at radius 3 is 2.65 bits per heavy atom. The molecule has 1 aliphatic carbocycles. The van der Waals surface area contributed by atoms with Gasteiger partial charge in [0, 0.05) is 37.1 Å². The topological polar surface area (TPSA) is 24.5 Å². The van der Waals surface area contributed by atoms with E-state index < -0.39 is 0 Å². The van der Waals surface area contributed by atoms with Crippen molar-refractivity contribution in [3.63, 3.8) is 0 Å². The molecule has 1 saturated carbocycles. The van der Waals surface area contributed by atoms with Gasteiger partial charge in [0.25, 0.3) is 0 Å². The normalized spacial score (nSPS) is 41.6. The Balaban J connectivity index is 1.61. The average Bonchev–Trinajstić information content (AvgIpc) is 2.37. The van der Waals surface area contributed by atoms with Crippen molar-refractivity contribution in [2.24, 2.45) is 11.3 Å². The van der Waals surface area contributed by atoms with Crippen molar-refractivity contribution in [3.8, 4) is 0 Å². The summed E-state index contributed by atoms with van der Waals surface area (Å²) in [6, 6.07) is 0.630. The molecular weight excluding hydrogens is 212 g/mol. The number of ether oxygens (including phenoxy) is 1. The fraction of sp³-hybridized carbons (Fsp3) is 1.00. The highest BCUT2D eigenvalue weighted by Crippen LogP contribution is 2.51. The van der Waals surface area contributed by atoms with E-state index in [2.05, 4.69) is 24.3 Å². The average molecular weight is 238 g/mol. The van der Waals surface area contributed by atoms with Crippen molar-refractivity contribution in [2.45, 2.75) is 58.1 Å². The van der Waals surface area contributed by atoms with Gasteiger partial charge in [0.2, 0.25) is 0 Å². The van der Waals surface area contributed by atoms with Crippen molar-refractivity contribution < 1.29 is 4.74 Å². The van der Waals surface area contributed by atoms with Crippen LogP contribution in [0.4, 0.5) is 0 Å². The van der Waals surface area contributed by atoms with E-state index in [-0.39, 0.29) is 0 Å². The molecule has 0 radical (unpaired) electrons. The highest BCUT2D eigenvalue weighted by Gasteiger charge is 2.58. The predicted molar refractivity (Wildman–Crippen MR) is 68.6 cm³/mol. The molecule has 0 spiro atoms. The van der Waals surface area contributed by atoms with Gasteiger partial charge in [-0.05, 0) is 25.7 Å². The zero-order valence-corrected chi connectivity index (χ0v) is 11.2. The second-order valence-electron chi connectivity index (χ2n) is 6.57. The first-order chi connectivity index (χ1) is 8.19. The molecule has 0 aromatic carbocycles. The second kappa shape index (κ2) is 4.52. The first kappa shape index (κ1) is 11.9. The molecule has 17 heavy (non-hydrogen) atoms. The van der Waals surface area contributed by atoms with Gasteiger partial charge in [-0.1, -0.05) is 20.3 Å². The lowest BCUT2D eigenvalue weighted by atomic mass is 9.55. The van der Waals surface area contributed by atoms with Gasteiger partial charge in [-0.2, -0.15) is 0 Å². The van der Waals surface area contributed by atoms with Gasteiger partial charge in [-0.15, -0.1) is 0 Å². The summed E-state index contributed by atoms with van der Waals surface area (Å²) < 4.78 is 5.95. The molecule has 0 amide bonds. The summed E-state index contributed by atoms with van der Waals surface area (Å²) in [7, 11) is 0. The van der Waals surface area contributed by atoms with Crippen molar-refractivity contribution in [2.75, 3.05) is 19.7 Å². The van der Waals surface area contributed by atoms with E-state index in [1.54, 1.807) is 0 Å². The van der Waals surface area contributed by atoms with Gasteiger partial charge in [-0.3, -0.25) is 5.43 Å². The first-order valence-corrected chi connectivity index (χ1v) is 7.32. The smallest absolute Gasteiger partial charge is 0.0685 e. The highest BCUT2D eigenvalue weighted by molar-refractivity contribution is 5.09. The van der Waals surface area contributed by atoms with Crippen LogP contribution in [-0.4, -0.2) is 36.9 Å². The quantitative estimate of drug-likeness (QED) is 0.798. The molecule has 3 unspecified atom stereocenters. The van der Waals surface area contributed by atoms with E-state index in [1.165, 1.54) is 45.2 Å². The van der Waals surface area contributed by atoms with Gasteiger partial charge in [0.1, 0.15) is 0 Å². The third kappa shape index (κ3) is 2.02. The molecule has 2 aliphatic heterocycles. The van der Waals surface area contributed by atoms with Crippen molar-refractivity contribution in [1.82, 2.24) is 10.4 Å². The fourth-order valence-corrected chi connectivity index (χ4v) is 4.00. The predicted octanol–water partition coefficient (Wildman–Crippen LogP) is 2.18. The number of nitrogens with one attached hydrogen (secondary N) is 1. The van der Waals surface area contributed by atoms with Crippen LogP contribution in [0.1, 0.15) is 46.0 Å². The molecule has 1 N–H and O–H groups in total. The first-order valence-electron chi connectivity index (χ1n) is 7.32. The third-order valence-electron chi connectivity index (χ3n) is 5.01. The maximum absolute atomic E-state index is 5.95. The van der Waals surface area contributed by atoms with E-state index in [0.29, 0.717) is 17.6 Å². The third-order valence-corrected chi connectivity index (χ3v) is 5.01. The Bertz CT molecular complexity index is 273. The molecule has 3 heteroatoms. The Hall–Kier alpha value is -0.120. The van der Waals surface area contributed by atoms with Crippen LogP contribution < -0.4 is 5.43 Å². The maximum atomic E-state index is 5.95. The van der Waals surface area contributed by atoms with Gasteiger partial charge in [-0.25, -0.2) is 5.01 Å². The van der Waals surface area contributed by atoms with Crippen LogP contribution in [0, 0.1) is 11.3 Å². The summed E-state index contributed by atoms with van der Waals surface area (Å²) in [6.07, 6.45) is 7.20. The summed E-state index contributed by atoms with van der Waals surface area (Å²) >= 11 is 0. The number of hydrogen-bond acceptors (Lipinski definition) is 3. The van der Waals surface area contributed by atoms with Gasteiger partial charge in [0.15, 0.2) is 0 Å². The van der Waals surface area contributed by atoms with Gasteiger partial charge in [0.05, 0.1) is 6.10 Å². The number of rotatable bonds is 2. The molecule has 3 aliphatic rings. The van der Waals surface area contributed by atoms with Gasteiger partial charge >= 0.3 is 0 Å². The monoisotopic (exact) mass is 238 g/mol. The van der Waals surface area contributed by atoms with Crippen LogP contribution in [0.5, 0.6) is 0 Å². The SMILES string of the molecule is CC1(C)C(NN2CCCCC2)C2CCCOC21. The molecule has 2 saturated heterocycles. The molecule has 3 rings (SSSR count). The minimum Gasteiger partial charge on any atom is -0.377 e. The van der Waals surface area contributed by atoms with Crippen molar-refractivity contribution in [1.29, 1.82) is 0 Å². The Morgan fingerprint density at radius 2 is 1.88 bits per heavy atom. The summed E-state index contributed by atoms with van der Waals surface area (Å²) in [5, 5.41) is 2.46. The molecular formula is C14H26N2O. The van der Waals surface area contributed by atoms with Crippen LogP contribution in [0.2, 0.25) is 0 Å². The molecule has 3 atom stereocenters. The molecule has 3 fully saturated rings. The molecule has 2 heterocycles. The molecule has 98 valence electrons. The van der Waals surface area contributed by atoms with Crippen LogP contribution in [0.25, 0.3) is 0 Å². The lowest BCUT2D eigenvalue weighted by molar-refractivity contribution is -0.205. The number of nitrogens with zero attached hydrogens (tertiary/aromatic N) is 1. The van der Waals surface area contributed by atoms with E-state index in [9.17, 15) is 0 Å². The lowest BCUT2D eigenvalue weighted by Gasteiger charge is -2.61. The molecule has 0 aromatic rings. The summed E-state index contributed by atoms with van der Waals surface area (Å²) in [6.45, 7) is 8.15. The van der Waals surface area contributed by atoms with Crippen LogP contribution in [-0.2, 0) is 4.74 Å². The standard InChI is InChI=1S/C14H26N2O/c1-14(2)12(11-7-6-10-17-13(11)14)15-16-8-4-3-5-9-16/h11-13,15H,3-10H2,1-2H3. The Morgan fingerprint density at radius 1 is 1.12 bits per heavy atom. The van der Waals surface area contributed by atoms with E-state index in [1.807, 2.05) is 0 Å². The number of fused-ring (bicyclic) bond motifs is 1. The van der Waals surface area contributed by atoms with Crippen LogP contribution in [0.3, 0.4) is 0 Å². The number of hydrogen-bond donors (Lipinski definition) is 1. The minimum absolute atomic E-state index is 0.308. The van der Waals surface area contributed by atoms with E-state index in [0.717, 1.165) is 12.5 Å². The van der Waals surface area contributed by atoms with E-state index in [4.69, 9.17) is 4.74 Å². The highest BCUT2D eigenvalue weighted by atomic mass is 16.5. The van der Waals surface area contributed by atoms with Crippen LogP contribution >= 0.6 is 0 Å². The fourth-order valence-electron chi connectivity index (χ4n) is 4.00. The van der Waals surface area contributed by atoms with Gasteiger partial charge < -0.3 is 4.74 Å². The zero-order chi connectivity index (χ0) is 11.9. The Labute approximate surface area is 105 Å². The Kier molecular flexibility index (Phi) is 3.18. The zero-order valence-electron chi connectivity index (χ0n) is 11.2. The largest absolute Gasteiger partial charge is 0.377 e. The van der Waals surface area contributed by atoms with Crippen LogP contribution in [0.15, 0.2) is 0 Å².